The number of aryl methyl sites for hydroxylation is 1. The molecule has 20 heavy (non-hydrogen) atoms. The maximum atomic E-state index is 4.56. The summed E-state index contributed by atoms with van der Waals surface area (Å²) in [7, 11) is 0. The van der Waals surface area contributed by atoms with E-state index in [1.165, 1.54) is 0 Å². The van der Waals surface area contributed by atoms with Crippen molar-refractivity contribution in [3.8, 4) is 0 Å². The van der Waals surface area contributed by atoms with Crippen LogP contribution in [0.5, 0.6) is 0 Å². The lowest BCUT2D eigenvalue weighted by Crippen LogP contribution is -2.05. The molecule has 0 radical (unpaired) electrons. The van der Waals surface area contributed by atoms with E-state index < -0.39 is 0 Å². The minimum Gasteiger partial charge on any atom is -0.370 e. The molecule has 0 spiro atoms. The molecule has 0 saturated heterocycles. The first-order chi connectivity index (χ1) is 9.74. The van der Waals surface area contributed by atoms with E-state index in [2.05, 4.69) is 32.2 Å². The Labute approximate surface area is 117 Å². The summed E-state index contributed by atoms with van der Waals surface area (Å²) in [6.07, 6.45) is 0.606. The van der Waals surface area contributed by atoms with Crippen molar-refractivity contribution in [2.75, 3.05) is 11.9 Å². The Morgan fingerprint density at radius 1 is 1.15 bits per heavy atom. The van der Waals surface area contributed by atoms with Crippen molar-refractivity contribution < 1.29 is 0 Å². The third-order valence-corrected chi connectivity index (χ3v) is 3.02. The van der Waals surface area contributed by atoms with Crippen LogP contribution in [0.1, 0.15) is 24.3 Å². The van der Waals surface area contributed by atoms with Crippen LogP contribution >= 0.6 is 0 Å². The van der Waals surface area contributed by atoms with Crippen molar-refractivity contribution in [3.63, 3.8) is 0 Å². The van der Waals surface area contributed by atoms with E-state index in [0.29, 0.717) is 6.42 Å². The first-order valence-corrected chi connectivity index (χ1v) is 6.76. The molecule has 0 aliphatic rings. The van der Waals surface area contributed by atoms with Crippen LogP contribution < -0.4 is 5.32 Å². The number of H-pyrrole nitrogens is 1. The van der Waals surface area contributed by atoms with Gasteiger partial charge < -0.3 is 10.3 Å². The molecule has 0 saturated carbocycles. The predicted octanol–water partition coefficient (Wildman–Crippen LogP) is 2.68. The molecular weight excluding hydrogens is 250 g/mol. The van der Waals surface area contributed by atoms with Crippen LogP contribution in [0.15, 0.2) is 30.3 Å². The minimum absolute atomic E-state index is 0.606. The largest absolute Gasteiger partial charge is 0.370 e. The highest BCUT2D eigenvalue weighted by atomic mass is 15.0. The second-order valence-corrected chi connectivity index (χ2v) is 4.72. The van der Waals surface area contributed by atoms with Gasteiger partial charge >= 0.3 is 0 Å². The molecule has 0 unspecified atom stereocenters. The monoisotopic (exact) mass is 267 g/mol. The van der Waals surface area contributed by atoms with Gasteiger partial charge in [0.05, 0.1) is 17.5 Å². The molecule has 0 amide bonds. The quantitative estimate of drug-likeness (QED) is 0.762. The lowest BCUT2D eigenvalue weighted by Gasteiger charge is -2.05. The van der Waals surface area contributed by atoms with E-state index in [1.807, 2.05) is 37.3 Å². The van der Waals surface area contributed by atoms with Gasteiger partial charge in [-0.05, 0) is 26.0 Å². The molecule has 1 aromatic carbocycles. The Morgan fingerprint density at radius 2 is 2.00 bits per heavy atom. The molecule has 0 aliphatic carbocycles. The number of hydrogen-bond acceptors (Lipinski definition) is 4. The summed E-state index contributed by atoms with van der Waals surface area (Å²) in [4.78, 5) is 16.8. The fourth-order valence-electron chi connectivity index (χ4n) is 2.22. The van der Waals surface area contributed by atoms with E-state index in [1.54, 1.807) is 0 Å². The highest BCUT2D eigenvalue weighted by Gasteiger charge is 2.07. The van der Waals surface area contributed by atoms with Crippen molar-refractivity contribution in [1.29, 1.82) is 0 Å². The molecule has 5 heteroatoms. The summed E-state index contributed by atoms with van der Waals surface area (Å²) in [6, 6.07) is 9.95. The highest BCUT2D eigenvalue weighted by Crippen LogP contribution is 2.13. The molecule has 2 N–H and O–H groups in total. The summed E-state index contributed by atoms with van der Waals surface area (Å²) in [5.74, 6) is 2.53. The molecule has 5 nitrogen and oxygen atoms in total. The average Bonchev–Trinajstić information content (AvgIpc) is 2.80. The van der Waals surface area contributed by atoms with Gasteiger partial charge in [0.2, 0.25) is 0 Å². The van der Waals surface area contributed by atoms with Crippen molar-refractivity contribution in [2.24, 2.45) is 0 Å². The van der Waals surface area contributed by atoms with Crippen molar-refractivity contribution >= 4 is 16.9 Å². The van der Waals surface area contributed by atoms with Gasteiger partial charge in [0.1, 0.15) is 17.5 Å². The van der Waals surface area contributed by atoms with Gasteiger partial charge in [0.15, 0.2) is 0 Å². The summed E-state index contributed by atoms with van der Waals surface area (Å²) >= 11 is 0. The third kappa shape index (κ3) is 2.61. The fraction of sp³-hybridized carbons (Fsp3) is 0.267. The standard InChI is InChI=1S/C15H17N5/c1-3-16-13-8-10(2)17-14(20-13)9-15-18-11-6-4-5-7-12(11)19-15/h4-8H,3,9H2,1-2H3,(H,18,19)(H,16,17,20). The van der Waals surface area contributed by atoms with Crippen molar-refractivity contribution in [1.82, 2.24) is 19.9 Å². The number of anilines is 1. The number of fused-ring (bicyclic) bond motifs is 1. The first-order valence-electron chi connectivity index (χ1n) is 6.76. The number of hydrogen-bond donors (Lipinski definition) is 2. The van der Waals surface area contributed by atoms with Crippen LogP contribution in [0.25, 0.3) is 11.0 Å². The van der Waals surface area contributed by atoms with Crippen LogP contribution in [0.4, 0.5) is 5.82 Å². The fourth-order valence-corrected chi connectivity index (χ4v) is 2.22. The van der Waals surface area contributed by atoms with Gasteiger partial charge in [0.25, 0.3) is 0 Å². The average molecular weight is 267 g/mol. The van der Waals surface area contributed by atoms with Crippen LogP contribution in [-0.2, 0) is 6.42 Å². The Kier molecular flexibility index (Phi) is 3.33. The Balaban J connectivity index is 1.90. The van der Waals surface area contributed by atoms with Crippen LogP contribution in [0.2, 0.25) is 0 Å². The number of para-hydroxylation sites is 2. The topological polar surface area (TPSA) is 66.5 Å². The summed E-state index contributed by atoms with van der Waals surface area (Å²) in [5.41, 5.74) is 2.98. The van der Waals surface area contributed by atoms with Crippen molar-refractivity contribution in [3.05, 3.63) is 47.7 Å². The summed E-state index contributed by atoms with van der Waals surface area (Å²) < 4.78 is 0. The number of benzene rings is 1. The van der Waals surface area contributed by atoms with E-state index in [4.69, 9.17) is 0 Å². The Bertz CT molecular complexity index is 699. The Morgan fingerprint density at radius 3 is 2.80 bits per heavy atom. The number of rotatable bonds is 4. The lowest BCUT2D eigenvalue weighted by molar-refractivity contribution is 0.899. The molecule has 2 heterocycles. The van der Waals surface area contributed by atoms with Crippen molar-refractivity contribution in [2.45, 2.75) is 20.3 Å². The number of nitrogens with one attached hydrogen (secondary N) is 2. The SMILES string of the molecule is CCNc1cc(C)nc(Cc2nc3ccccc3[nH]2)n1. The zero-order valence-electron chi connectivity index (χ0n) is 11.6. The van der Waals surface area contributed by atoms with E-state index >= 15 is 0 Å². The van der Waals surface area contributed by atoms with Gasteiger partial charge in [-0.2, -0.15) is 0 Å². The Hall–Kier alpha value is -2.43. The van der Waals surface area contributed by atoms with Gasteiger partial charge in [0, 0.05) is 18.3 Å². The molecule has 0 bridgehead atoms. The molecule has 3 aromatic rings. The van der Waals surface area contributed by atoms with Gasteiger partial charge in [-0.25, -0.2) is 15.0 Å². The van der Waals surface area contributed by atoms with Gasteiger partial charge in [-0.15, -0.1) is 0 Å². The molecular formula is C15H17N5. The molecule has 2 aromatic heterocycles. The number of imidazole rings is 1. The lowest BCUT2D eigenvalue weighted by atomic mass is 10.3. The highest BCUT2D eigenvalue weighted by molar-refractivity contribution is 5.74. The molecule has 102 valence electrons. The zero-order valence-corrected chi connectivity index (χ0v) is 11.6. The van der Waals surface area contributed by atoms with Gasteiger partial charge in [-0.1, -0.05) is 12.1 Å². The summed E-state index contributed by atoms with van der Waals surface area (Å²) in [6.45, 7) is 4.88. The van der Waals surface area contributed by atoms with Gasteiger partial charge in [-0.3, -0.25) is 0 Å². The van der Waals surface area contributed by atoms with E-state index in [9.17, 15) is 0 Å². The van der Waals surface area contributed by atoms with Crippen LogP contribution in [0, 0.1) is 6.92 Å². The molecule has 3 rings (SSSR count). The molecule has 0 fully saturated rings. The number of aromatic nitrogens is 4. The first kappa shape index (κ1) is 12.6. The third-order valence-electron chi connectivity index (χ3n) is 3.02. The normalized spacial score (nSPS) is 10.9. The second kappa shape index (κ2) is 5.28. The predicted molar refractivity (Wildman–Crippen MR) is 79.8 cm³/mol. The van der Waals surface area contributed by atoms with Crippen LogP contribution in [0.3, 0.4) is 0 Å². The molecule has 0 aliphatic heterocycles. The smallest absolute Gasteiger partial charge is 0.138 e. The number of aromatic amines is 1. The minimum atomic E-state index is 0.606. The van der Waals surface area contributed by atoms with E-state index in [-0.39, 0.29) is 0 Å². The van der Waals surface area contributed by atoms with E-state index in [0.717, 1.165) is 40.7 Å². The zero-order chi connectivity index (χ0) is 13.9. The second-order valence-electron chi connectivity index (χ2n) is 4.72. The number of nitrogens with zero attached hydrogens (tertiary/aromatic N) is 3. The maximum absolute atomic E-state index is 4.56. The summed E-state index contributed by atoms with van der Waals surface area (Å²) in [5, 5.41) is 3.22. The molecule has 0 atom stereocenters. The maximum Gasteiger partial charge on any atom is 0.138 e. The van der Waals surface area contributed by atoms with Crippen LogP contribution in [-0.4, -0.2) is 26.5 Å².